The fourth-order valence-corrected chi connectivity index (χ4v) is 8.11. The summed E-state index contributed by atoms with van der Waals surface area (Å²) >= 11 is 0. The Hall–Kier alpha value is -3.19. The molecule has 0 aliphatic carbocycles. The van der Waals surface area contributed by atoms with E-state index in [-0.39, 0.29) is 60.9 Å². The summed E-state index contributed by atoms with van der Waals surface area (Å²) in [6.45, 7) is 11.6. The number of rotatable bonds is 23. The number of methoxy groups -OCH3 is 2. The van der Waals surface area contributed by atoms with Crippen molar-refractivity contribution >= 4 is 29.4 Å². The Kier molecular flexibility index (Phi) is 18.8. The summed E-state index contributed by atoms with van der Waals surface area (Å²) in [7, 11) is 8.22. The van der Waals surface area contributed by atoms with Gasteiger partial charge < -0.3 is 29.5 Å². The van der Waals surface area contributed by atoms with Crippen LogP contribution >= 0.6 is 0 Å². The predicted molar refractivity (Wildman–Crippen MR) is 204 cm³/mol. The highest BCUT2D eigenvalue weighted by atomic mass is 16.5. The van der Waals surface area contributed by atoms with Gasteiger partial charge in [0.25, 0.3) is 0 Å². The molecule has 1 heterocycles. The summed E-state index contributed by atoms with van der Waals surface area (Å²) in [5, 5.41) is 20.2. The number of aliphatic carboxylic acids is 1. The topological polar surface area (TPSA) is 154 Å². The average Bonchev–Trinajstić information content (AvgIpc) is 3.59. The van der Waals surface area contributed by atoms with Gasteiger partial charge in [-0.1, -0.05) is 71.4 Å². The zero-order valence-electron chi connectivity index (χ0n) is 34.0. The number of hydrogen-bond acceptors (Lipinski definition) is 9. The molecule has 300 valence electrons. The second-order valence-corrected chi connectivity index (χ2v) is 15.7. The van der Waals surface area contributed by atoms with E-state index in [9.17, 15) is 34.2 Å². The third-order valence-corrected chi connectivity index (χ3v) is 11.4. The molecule has 10 atom stereocenters. The Labute approximate surface area is 317 Å². The van der Waals surface area contributed by atoms with Crippen molar-refractivity contribution in [2.24, 2.45) is 29.6 Å². The molecule has 1 aromatic carbocycles. The minimum atomic E-state index is -1.03. The number of aliphatic hydroxyl groups excluding tert-OH is 1. The first-order valence-electron chi connectivity index (χ1n) is 19.2. The van der Waals surface area contributed by atoms with Crippen molar-refractivity contribution in [1.82, 2.24) is 14.7 Å². The summed E-state index contributed by atoms with van der Waals surface area (Å²) in [6.07, 6.45) is -0.0657. The van der Waals surface area contributed by atoms with Crippen LogP contribution in [0.2, 0.25) is 0 Å². The van der Waals surface area contributed by atoms with Crippen LogP contribution in [0.3, 0.4) is 0 Å². The van der Waals surface area contributed by atoms with E-state index in [1.807, 2.05) is 58.0 Å². The molecule has 0 radical (unpaired) electrons. The predicted octanol–water partition coefficient (Wildman–Crippen LogP) is 4.35. The van der Waals surface area contributed by atoms with Gasteiger partial charge in [0.05, 0.1) is 48.8 Å². The first-order chi connectivity index (χ1) is 24.9. The Bertz CT molecular complexity index is 1330. The molecule has 1 aromatic rings. The maximum Gasteiger partial charge on any atom is 0.307 e. The minimum absolute atomic E-state index is 0.00738. The van der Waals surface area contributed by atoms with E-state index in [0.717, 1.165) is 12.0 Å². The molecule has 1 aliphatic heterocycles. The summed E-state index contributed by atoms with van der Waals surface area (Å²) < 4.78 is 11.9. The molecule has 1 aliphatic rings. The van der Waals surface area contributed by atoms with E-state index in [4.69, 9.17) is 9.47 Å². The lowest BCUT2D eigenvalue weighted by Crippen LogP contribution is -2.54. The van der Waals surface area contributed by atoms with Crippen molar-refractivity contribution in [2.75, 3.05) is 41.9 Å². The lowest BCUT2D eigenvalue weighted by Gasteiger charge is -2.41. The third-order valence-electron chi connectivity index (χ3n) is 11.4. The van der Waals surface area contributed by atoms with Crippen LogP contribution in [-0.4, -0.2) is 133 Å². The fraction of sp³-hybridized carbons (Fsp3) is 0.732. The van der Waals surface area contributed by atoms with E-state index >= 15 is 0 Å². The maximum atomic E-state index is 14.2. The van der Waals surface area contributed by atoms with E-state index < -0.39 is 60.2 Å². The van der Waals surface area contributed by atoms with Crippen molar-refractivity contribution in [3.05, 3.63) is 35.9 Å². The van der Waals surface area contributed by atoms with Gasteiger partial charge in [-0.15, -0.1) is 0 Å². The van der Waals surface area contributed by atoms with Crippen molar-refractivity contribution < 1.29 is 43.7 Å². The highest BCUT2D eigenvalue weighted by Gasteiger charge is 2.43. The molecule has 0 spiro atoms. The van der Waals surface area contributed by atoms with Gasteiger partial charge in [-0.3, -0.25) is 28.9 Å². The smallest absolute Gasteiger partial charge is 0.307 e. The van der Waals surface area contributed by atoms with Crippen LogP contribution in [0.25, 0.3) is 0 Å². The molecule has 1 saturated heterocycles. The number of hydrogen-bond donors (Lipinski definition) is 2. The molecule has 0 saturated carbocycles. The van der Waals surface area contributed by atoms with Crippen molar-refractivity contribution in [2.45, 2.75) is 123 Å². The van der Waals surface area contributed by atoms with Gasteiger partial charge in [0.2, 0.25) is 11.8 Å². The lowest BCUT2D eigenvalue weighted by atomic mass is 9.84. The molecule has 1 fully saturated rings. The zero-order valence-corrected chi connectivity index (χ0v) is 34.0. The first-order valence-corrected chi connectivity index (χ1v) is 19.2. The van der Waals surface area contributed by atoms with E-state index in [1.54, 1.807) is 49.7 Å². The second kappa shape index (κ2) is 21.6. The maximum absolute atomic E-state index is 14.2. The van der Waals surface area contributed by atoms with Gasteiger partial charge >= 0.3 is 5.97 Å². The van der Waals surface area contributed by atoms with Crippen LogP contribution < -0.4 is 0 Å². The van der Waals surface area contributed by atoms with Crippen molar-refractivity contribution in [3.8, 4) is 0 Å². The number of likely N-dealkylation sites (tertiary alicyclic amines) is 1. The molecular weight excluding hydrogens is 678 g/mol. The number of ether oxygens (including phenoxy) is 2. The SMILES string of the molecule is CC[C@H](C)[C@@H]([C@@H](CC(=O)N1CCC[C@H]1[C@H](OC)[C@@H](C)C(=O)C[C@@H](Cc1ccccc1)C(=O)O)OC)N(C)C(=O)[C@@H](CC(=O)[C@H]([C@@H](C)O)N(C)C)C(C)C. The van der Waals surface area contributed by atoms with Crippen LogP contribution in [-0.2, 0) is 39.9 Å². The number of carboxylic acid groups (broad SMARTS) is 1. The number of carbonyl (C=O) groups is 5. The second-order valence-electron chi connectivity index (χ2n) is 15.7. The standard InChI is InChI=1S/C41H67N3O9/c1-12-26(4)37(43(9)40(49)31(25(2)3)23-34(47)38(28(6)45)42(7)8)35(52-10)24-36(48)44-20-16-19-32(44)39(53-11)27(5)33(46)22-30(41(50)51)21-29-17-14-13-15-18-29/h13-15,17-18,25-28,30-32,35,37-39,45H,12,16,19-24H2,1-11H3,(H,50,51)/t26-,27-,28+,30+,31-,32-,35+,37-,38-,39+/m0/s1. The van der Waals surface area contributed by atoms with Gasteiger partial charge in [-0.2, -0.15) is 0 Å². The van der Waals surface area contributed by atoms with E-state index in [2.05, 4.69) is 0 Å². The molecule has 2 rings (SSSR count). The molecule has 0 aromatic heterocycles. The number of amides is 2. The number of likely N-dealkylation sites (N-methyl/N-ethyl adjacent to an activating group) is 2. The molecule has 12 heteroatoms. The van der Waals surface area contributed by atoms with Crippen LogP contribution in [0.1, 0.15) is 85.6 Å². The first kappa shape index (κ1) is 46.0. The number of benzene rings is 1. The summed E-state index contributed by atoms with van der Waals surface area (Å²) in [6, 6.07) is 7.63. The molecule has 2 amide bonds. The Morgan fingerprint density at radius 1 is 0.906 bits per heavy atom. The molecule has 0 unspecified atom stereocenters. The zero-order chi connectivity index (χ0) is 40.2. The Balaban J connectivity index is 2.27. The fourth-order valence-electron chi connectivity index (χ4n) is 8.11. The number of Topliss-reactive ketones (excluding diaryl/α,β-unsaturated/α-hetero) is 2. The lowest BCUT2D eigenvalue weighted by molar-refractivity contribution is -0.149. The van der Waals surface area contributed by atoms with Crippen LogP contribution in [0.15, 0.2) is 30.3 Å². The molecule has 53 heavy (non-hydrogen) atoms. The largest absolute Gasteiger partial charge is 0.481 e. The average molecular weight is 746 g/mol. The van der Waals surface area contributed by atoms with Crippen molar-refractivity contribution in [3.63, 3.8) is 0 Å². The highest BCUT2D eigenvalue weighted by molar-refractivity contribution is 5.90. The quantitative estimate of drug-likeness (QED) is 0.165. The van der Waals surface area contributed by atoms with E-state index in [1.165, 1.54) is 14.2 Å². The van der Waals surface area contributed by atoms with Crippen LogP contribution in [0.5, 0.6) is 0 Å². The number of aliphatic hydroxyl groups is 1. The Morgan fingerprint density at radius 2 is 1.53 bits per heavy atom. The Morgan fingerprint density at radius 3 is 2.02 bits per heavy atom. The molecule has 0 bridgehead atoms. The molecule has 12 nitrogen and oxygen atoms in total. The highest BCUT2D eigenvalue weighted by Crippen LogP contribution is 2.31. The number of nitrogens with zero attached hydrogens (tertiary/aromatic N) is 3. The molecule has 2 N–H and O–H groups in total. The number of carboxylic acids is 1. The van der Waals surface area contributed by atoms with Gasteiger partial charge in [0.1, 0.15) is 5.78 Å². The summed E-state index contributed by atoms with van der Waals surface area (Å²) in [5.41, 5.74) is 0.842. The normalized spacial score (nSPS) is 19.9. The molecular formula is C41H67N3O9. The van der Waals surface area contributed by atoms with E-state index in [0.29, 0.717) is 19.4 Å². The monoisotopic (exact) mass is 745 g/mol. The summed E-state index contributed by atoms with van der Waals surface area (Å²) in [5.74, 6) is -4.23. The van der Waals surface area contributed by atoms with Gasteiger partial charge in [-0.25, -0.2) is 0 Å². The van der Waals surface area contributed by atoms with Gasteiger partial charge in [0.15, 0.2) is 5.78 Å². The van der Waals surface area contributed by atoms with Crippen LogP contribution in [0.4, 0.5) is 0 Å². The third kappa shape index (κ3) is 12.4. The van der Waals surface area contributed by atoms with Crippen LogP contribution in [0, 0.1) is 29.6 Å². The summed E-state index contributed by atoms with van der Waals surface area (Å²) in [4.78, 5) is 72.5. The van der Waals surface area contributed by atoms with Crippen molar-refractivity contribution in [1.29, 1.82) is 0 Å². The van der Waals surface area contributed by atoms with Gasteiger partial charge in [0, 0.05) is 52.5 Å². The number of ketones is 2. The minimum Gasteiger partial charge on any atom is -0.481 e. The van der Waals surface area contributed by atoms with Gasteiger partial charge in [-0.05, 0) is 57.7 Å². The number of carbonyl (C=O) groups excluding carboxylic acids is 4.